The van der Waals surface area contributed by atoms with Crippen LogP contribution in [0.25, 0.3) is 0 Å². The lowest BCUT2D eigenvalue weighted by Gasteiger charge is -2.23. The van der Waals surface area contributed by atoms with E-state index in [4.69, 9.17) is 16.7 Å². The summed E-state index contributed by atoms with van der Waals surface area (Å²) >= 11 is 5.99. The Morgan fingerprint density at radius 1 is 0.867 bits per heavy atom. The lowest BCUT2D eigenvalue weighted by Crippen LogP contribution is -2.31. The summed E-state index contributed by atoms with van der Waals surface area (Å²) in [6.45, 7) is 0.960. The van der Waals surface area contributed by atoms with E-state index in [0.717, 1.165) is 23.1 Å². The predicted octanol–water partition coefficient (Wildman–Crippen LogP) is 5.37. The Labute approximate surface area is 180 Å². The van der Waals surface area contributed by atoms with Gasteiger partial charge in [0.2, 0.25) is 5.91 Å². The van der Waals surface area contributed by atoms with Gasteiger partial charge < -0.3 is 10.0 Å². The quantitative estimate of drug-likeness (QED) is 0.560. The molecule has 1 N–H and O–H groups in total. The Balaban J connectivity index is 1.51. The third-order valence-corrected chi connectivity index (χ3v) is 5.76. The fourth-order valence-corrected chi connectivity index (χ4v) is 3.90. The molecule has 1 aliphatic carbocycles. The highest BCUT2D eigenvalue weighted by Crippen LogP contribution is 2.48. The predicted molar refractivity (Wildman–Crippen MR) is 116 cm³/mol. The zero-order valence-electron chi connectivity index (χ0n) is 16.4. The fraction of sp³-hybridized carbons (Fsp3) is 0.200. The largest absolute Gasteiger partial charge is 0.478 e. The summed E-state index contributed by atoms with van der Waals surface area (Å²) in [5, 5.41) is 9.80. The molecule has 5 heteroatoms. The minimum atomic E-state index is -0.956. The van der Waals surface area contributed by atoms with Crippen LogP contribution >= 0.6 is 11.6 Å². The van der Waals surface area contributed by atoms with Gasteiger partial charge in [-0.05, 0) is 53.3 Å². The SMILES string of the molecule is O=C(O)c1ccc(CN(Cc2ccccc2)C(=O)[C@H]2C[C@H]2c2ccc(Cl)cc2)cc1. The smallest absolute Gasteiger partial charge is 0.335 e. The number of carboxylic acid groups (broad SMARTS) is 1. The third-order valence-electron chi connectivity index (χ3n) is 5.51. The molecule has 0 aliphatic heterocycles. The molecule has 3 aromatic carbocycles. The van der Waals surface area contributed by atoms with Gasteiger partial charge in [0.05, 0.1) is 5.56 Å². The summed E-state index contributed by atoms with van der Waals surface area (Å²) in [4.78, 5) is 26.3. The molecule has 4 nitrogen and oxygen atoms in total. The number of carboxylic acids is 1. The molecule has 0 heterocycles. The number of halogens is 1. The number of carbonyl (C=O) groups excluding carboxylic acids is 1. The van der Waals surface area contributed by atoms with Gasteiger partial charge in [0, 0.05) is 24.0 Å². The van der Waals surface area contributed by atoms with Crippen molar-refractivity contribution in [2.75, 3.05) is 0 Å². The van der Waals surface area contributed by atoms with Crippen molar-refractivity contribution >= 4 is 23.5 Å². The van der Waals surface area contributed by atoms with Crippen molar-refractivity contribution in [3.8, 4) is 0 Å². The summed E-state index contributed by atoms with van der Waals surface area (Å²) in [5.41, 5.74) is 3.36. The number of hydrogen-bond acceptors (Lipinski definition) is 2. The van der Waals surface area contributed by atoms with E-state index in [0.29, 0.717) is 18.1 Å². The topological polar surface area (TPSA) is 57.6 Å². The highest BCUT2D eigenvalue weighted by molar-refractivity contribution is 6.30. The molecule has 2 atom stereocenters. The maximum Gasteiger partial charge on any atom is 0.335 e. The van der Waals surface area contributed by atoms with Gasteiger partial charge in [-0.25, -0.2) is 4.79 Å². The Kier molecular flexibility index (Phi) is 5.86. The molecule has 30 heavy (non-hydrogen) atoms. The summed E-state index contributed by atoms with van der Waals surface area (Å²) in [6.07, 6.45) is 0.837. The van der Waals surface area contributed by atoms with Gasteiger partial charge in [-0.15, -0.1) is 0 Å². The standard InChI is InChI=1S/C25H22ClNO3/c26-21-12-10-19(11-13-21)22-14-23(22)24(28)27(15-17-4-2-1-3-5-17)16-18-6-8-20(9-7-18)25(29)30/h1-13,22-23H,14-16H2,(H,29,30)/t22-,23-/m0/s1. The first-order valence-corrected chi connectivity index (χ1v) is 10.3. The summed E-state index contributed by atoms with van der Waals surface area (Å²) < 4.78 is 0. The number of nitrogens with zero attached hydrogens (tertiary/aromatic N) is 1. The molecule has 0 spiro atoms. The van der Waals surface area contributed by atoms with Crippen LogP contribution in [0, 0.1) is 5.92 Å². The van der Waals surface area contributed by atoms with Gasteiger partial charge in [0.1, 0.15) is 0 Å². The Bertz CT molecular complexity index is 1030. The van der Waals surface area contributed by atoms with Crippen LogP contribution < -0.4 is 0 Å². The second-order valence-corrected chi connectivity index (χ2v) is 8.12. The van der Waals surface area contributed by atoms with Crippen LogP contribution in [0.1, 0.15) is 39.4 Å². The van der Waals surface area contributed by atoms with Crippen molar-refractivity contribution in [1.29, 1.82) is 0 Å². The monoisotopic (exact) mass is 419 g/mol. The number of benzene rings is 3. The van der Waals surface area contributed by atoms with Gasteiger partial charge in [0.25, 0.3) is 0 Å². The number of rotatable bonds is 7. The summed E-state index contributed by atoms with van der Waals surface area (Å²) in [6, 6.07) is 24.3. The highest BCUT2D eigenvalue weighted by Gasteiger charge is 2.45. The van der Waals surface area contributed by atoms with Crippen molar-refractivity contribution in [3.05, 3.63) is 106 Å². The van der Waals surface area contributed by atoms with Crippen LogP contribution in [-0.2, 0) is 17.9 Å². The van der Waals surface area contributed by atoms with Crippen molar-refractivity contribution in [1.82, 2.24) is 4.90 Å². The molecule has 4 rings (SSSR count). The minimum absolute atomic E-state index is 0.0341. The average Bonchev–Trinajstić information content (AvgIpc) is 3.55. The summed E-state index contributed by atoms with van der Waals surface area (Å²) in [5.74, 6) is -0.640. The van der Waals surface area contributed by atoms with Gasteiger partial charge in [-0.3, -0.25) is 4.79 Å². The molecule has 0 radical (unpaired) electrons. The molecule has 0 aromatic heterocycles. The molecule has 0 bridgehead atoms. The van der Waals surface area contributed by atoms with Crippen LogP contribution in [0.5, 0.6) is 0 Å². The normalized spacial score (nSPS) is 17.4. The molecule has 1 amide bonds. The van der Waals surface area contributed by atoms with E-state index in [1.165, 1.54) is 0 Å². The zero-order valence-corrected chi connectivity index (χ0v) is 17.1. The molecule has 1 saturated carbocycles. The number of carbonyl (C=O) groups is 2. The zero-order chi connectivity index (χ0) is 21.1. The molecule has 0 saturated heterocycles. The lowest BCUT2D eigenvalue weighted by molar-refractivity contribution is -0.134. The van der Waals surface area contributed by atoms with E-state index in [1.807, 2.05) is 59.5 Å². The van der Waals surface area contributed by atoms with Crippen LogP contribution in [-0.4, -0.2) is 21.9 Å². The van der Waals surface area contributed by atoms with Crippen LogP contribution in [0.4, 0.5) is 0 Å². The molecule has 1 aliphatic rings. The minimum Gasteiger partial charge on any atom is -0.478 e. The lowest BCUT2D eigenvalue weighted by atomic mass is 10.1. The van der Waals surface area contributed by atoms with Crippen LogP contribution in [0.15, 0.2) is 78.9 Å². The number of hydrogen-bond donors (Lipinski definition) is 1. The average molecular weight is 420 g/mol. The molecular weight excluding hydrogens is 398 g/mol. The van der Waals surface area contributed by atoms with E-state index in [2.05, 4.69) is 0 Å². The van der Waals surface area contributed by atoms with Gasteiger partial charge in [0.15, 0.2) is 0 Å². The first kappa shape index (κ1) is 20.2. The maximum absolute atomic E-state index is 13.3. The van der Waals surface area contributed by atoms with E-state index in [-0.39, 0.29) is 23.3 Å². The first-order chi connectivity index (χ1) is 14.5. The molecule has 1 fully saturated rings. The van der Waals surface area contributed by atoms with Crippen molar-refractivity contribution < 1.29 is 14.7 Å². The highest BCUT2D eigenvalue weighted by atomic mass is 35.5. The first-order valence-electron chi connectivity index (χ1n) is 9.91. The van der Waals surface area contributed by atoms with Gasteiger partial charge >= 0.3 is 5.97 Å². The Hall–Kier alpha value is -3.11. The van der Waals surface area contributed by atoms with Crippen molar-refractivity contribution in [2.24, 2.45) is 5.92 Å². The van der Waals surface area contributed by atoms with Crippen molar-refractivity contribution in [2.45, 2.75) is 25.4 Å². The van der Waals surface area contributed by atoms with Crippen LogP contribution in [0.2, 0.25) is 5.02 Å². The van der Waals surface area contributed by atoms with E-state index in [9.17, 15) is 9.59 Å². The van der Waals surface area contributed by atoms with Crippen LogP contribution in [0.3, 0.4) is 0 Å². The second kappa shape index (κ2) is 8.72. The van der Waals surface area contributed by atoms with E-state index >= 15 is 0 Å². The molecule has 152 valence electrons. The summed E-state index contributed by atoms with van der Waals surface area (Å²) in [7, 11) is 0. The van der Waals surface area contributed by atoms with E-state index < -0.39 is 5.97 Å². The maximum atomic E-state index is 13.3. The Morgan fingerprint density at radius 3 is 2.07 bits per heavy atom. The molecule has 0 unspecified atom stereocenters. The third kappa shape index (κ3) is 4.71. The van der Waals surface area contributed by atoms with Gasteiger partial charge in [-0.2, -0.15) is 0 Å². The van der Waals surface area contributed by atoms with E-state index in [1.54, 1.807) is 24.3 Å². The van der Waals surface area contributed by atoms with Gasteiger partial charge in [-0.1, -0.05) is 66.2 Å². The second-order valence-electron chi connectivity index (χ2n) is 7.68. The number of aromatic carboxylic acids is 1. The molecular formula is C25H22ClNO3. The number of amides is 1. The fourth-order valence-electron chi connectivity index (χ4n) is 3.77. The molecule has 3 aromatic rings. The van der Waals surface area contributed by atoms with Crippen molar-refractivity contribution in [3.63, 3.8) is 0 Å². The Morgan fingerprint density at radius 2 is 1.47 bits per heavy atom.